The molecule has 33 heavy (non-hydrogen) atoms. The first-order valence-corrected chi connectivity index (χ1v) is 12.8. The molecule has 0 spiro atoms. The van der Waals surface area contributed by atoms with Gasteiger partial charge in [-0.25, -0.2) is 0 Å². The van der Waals surface area contributed by atoms with Crippen LogP contribution < -0.4 is 0 Å². The number of hydrogen-bond acceptors (Lipinski definition) is 4. The molecule has 1 aromatic rings. The number of aryl methyl sites for hydroxylation is 1. The van der Waals surface area contributed by atoms with Crippen molar-refractivity contribution < 1.29 is 19.4 Å². The molecule has 1 aliphatic heterocycles. The predicted octanol–water partition coefficient (Wildman–Crippen LogP) is 5.46. The first-order valence-electron chi connectivity index (χ1n) is 12.8. The molecule has 1 amide bonds. The molecule has 3 atom stereocenters. The van der Waals surface area contributed by atoms with Gasteiger partial charge in [-0.1, -0.05) is 75.1 Å². The van der Waals surface area contributed by atoms with Gasteiger partial charge in [0.05, 0.1) is 19.3 Å². The van der Waals surface area contributed by atoms with Crippen LogP contribution in [0.2, 0.25) is 0 Å². The minimum atomic E-state index is -0.463. The van der Waals surface area contributed by atoms with Crippen molar-refractivity contribution in [2.45, 2.75) is 96.1 Å². The average molecular weight is 458 g/mol. The molecule has 1 aromatic carbocycles. The summed E-state index contributed by atoms with van der Waals surface area (Å²) in [7, 11) is 1.42. The number of unbranched alkanes of at least 4 members (excludes halogenated alkanes) is 5. The predicted molar refractivity (Wildman–Crippen MR) is 133 cm³/mol. The molecule has 1 saturated heterocycles. The Bertz CT molecular complexity index is 718. The summed E-state index contributed by atoms with van der Waals surface area (Å²) in [6.07, 6.45) is 14.7. The number of benzene rings is 1. The quantitative estimate of drug-likeness (QED) is 0.203. The molecule has 5 heteroatoms. The van der Waals surface area contributed by atoms with Crippen molar-refractivity contribution in [2.24, 2.45) is 5.92 Å². The van der Waals surface area contributed by atoms with Crippen molar-refractivity contribution in [3.8, 4) is 0 Å². The Morgan fingerprint density at radius 2 is 1.85 bits per heavy atom. The fourth-order valence-corrected chi connectivity index (χ4v) is 4.47. The number of carbonyl (C=O) groups is 2. The molecule has 0 radical (unpaired) electrons. The number of hydrogen-bond donors (Lipinski definition) is 1. The summed E-state index contributed by atoms with van der Waals surface area (Å²) in [5.74, 6) is 0.272. The molecule has 1 heterocycles. The maximum absolute atomic E-state index is 12.3. The maximum atomic E-state index is 12.3. The van der Waals surface area contributed by atoms with E-state index in [1.165, 1.54) is 25.5 Å². The lowest BCUT2D eigenvalue weighted by atomic mass is 9.95. The van der Waals surface area contributed by atoms with Crippen molar-refractivity contribution in [1.29, 1.82) is 0 Å². The monoisotopic (exact) mass is 457 g/mol. The average Bonchev–Trinajstić information content (AvgIpc) is 3.18. The van der Waals surface area contributed by atoms with Crippen LogP contribution >= 0.6 is 0 Å². The molecule has 5 nitrogen and oxygen atoms in total. The Kier molecular flexibility index (Phi) is 12.9. The molecular formula is C28H43NO4. The minimum Gasteiger partial charge on any atom is -0.469 e. The van der Waals surface area contributed by atoms with Crippen molar-refractivity contribution in [3.05, 3.63) is 48.0 Å². The first-order chi connectivity index (χ1) is 16.0. The Balaban J connectivity index is 1.62. The molecule has 2 rings (SSSR count). The molecule has 184 valence electrons. The second-order valence-electron chi connectivity index (χ2n) is 9.37. The molecule has 0 aromatic heterocycles. The fraction of sp³-hybridized carbons (Fsp3) is 0.643. The molecule has 0 bridgehead atoms. The highest BCUT2D eigenvalue weighted by Gasteiger charge is 2.28. The third-order valence-electron chi connectivity index (χ3n) is 6.71. The smallest absolute Gasteiger partial charge is 0.305 e. The van der Waals surface area contributed by atoms with E-state index < -0.39 is 6.10 Å². The van der Waals surface area contributed by atoms with Crippen molar-refractivity contribution in [1.82, 2.24) is 4.90 Å². The summed E-state index contributed by atoms with van der Waals surface area (Å²) < 4.78 is 4.66. The SMILES string of the molecule is COC(=O)CCCCCCN1C(=O)CC[C@@H]1C=C[C@@H](O)[C@H](C)CCCCCc1ccccc1. The van der Waals surface area contributed by atoms with Crippen LogP contribution in [-0.4, -0.2) is 47.7 Å². The number of rotatable bonds is 16. The van der Waals surface area contributed by atoms with Gasteiger partial charge < -0.3 is 14.7 Å². The molecule has 1 aliphatic rings. The molecule has 0 saturated carbocycles. The first kappa shape index (κ1) is 27.1. The molecule has 0 aliphatic carbocycles. The summed E-state index contributed by atoms with van der Waals surface area (Å²) in [5, 5.41) is 10.6. The zero-order chi connectivity index (χ0) is 23.9. The van der Waals surface area contributed by atoms with E-state index in [0.717, 1.165) is 57.9 Å². The van der Waals surface area contributed by atoms with E-state index in [1.54, 1.807) is 0 Å². The Labute approximate surface area is 200 Å². The van der Waals surface area contributed by atoms with Crippen LogP contribution in [0.1, 0.15) is 83.1 Å². The van der Waals surface area contributed by atoms with Crippen molar-refractivity contribution in [3.63, 3.8) is 0 Å². The summed E-state index contributed by atoms with van der Waals surface area (Å²) in [4.78, 5) is 25.4. The normalized spacial score (nSPS) is 18.1. The van der Waals surface area contributed by atoms with Gasteiger partial charge >= 0.3 is 5.97 Å². The van der Waals surface area contributed by atoms with E-state index in [2.05, 4.69) is 42.0 Å². The highest BCUT2D eigenvalue weighted by Crippen LogP contribution is 2.22. The van der Waals surface area contributed by atoms with Gasteiger partial charge in [0.1, 0.15) is 0 Å². The maximum Gasteiger partial charge on any atom is 0.305 e. The van der Waals surface area contributed by atoms with E-state index in [-0.39, 0.29) is 23.8 Å². The van der Waals surface area contributed by atoms with Crippen LogP contribution in [-0.2, 0) is 20.7 Å². The van der Waals surface area contributed by atoms with Gasteiger partial charge in [-0.3, -0.25) is 9.59 Å². The number of ether oxygens (including phenoxy) is 1. The van der Waals surface area contributed by atoms with E-state index in [0.29, 0.717) is 12.8 Å². The summed E-state index contributed by atoms with van der Waals surface area (Å²) >= 11 is 0. The Morgan fingerprint density at radius 3 is 2.61 bits per heavy atom. The van der Waals surface area contributed by atoms with Gasteiger partial charge in [-0.05, 0) is 50.0 Å². The third-order valence-corrected chi connectivity index (χ3v) is 6.71. The molecule has 1 fully saturated rings. The number of amides is 1. The Hall–Kier alpha value is -2.14. The van der Waals surface area contributed by atoms with Crippen LogP contribution in [0.5, 0.6) is 0 Å². The fourth-order valence-electron chi connectivity index (χ4n) is 4.47. The van der Waals surface area contributed by atoms with E-state index in [9.17, 15) is 14.7 Å². The van der Waals surface area contributed by atoms with Crippen LogP contribution in [0.15, 0.2) is 42.5 Å². The molecule has 1 N–H and O–H groups in total. The van der Waals surface area contributed by atoms with E-state index >= 15 is 0 Å². The zero-order valence-electron chi connectivity index (χ0n) is 20.6. The number of nitrogens with zero attached hydrogens (tertiary/aromatic N) is 1. The Morgan fingerprint density at radius 1 is 1.12 bits per heavy atom. The summed E-state index contributed by atoms with van der Waals surface area (Å²) in [6, 6.07) is 10.7. The van der Waals surface area contributed by atoms with E-state index in [1.807, 2.05) is 17.1 Å². The van der Waals surface area contributed by atoms with Crippen LogP contribution in [0.4, 0.5) is 0 Å². The largest absolute Gasteiger partial charge is 0.469 e. The van der Waals surface area contributed by atoms with Crippen LogP contribution in [0.3, 0.4) is 0 Å². The topological polar surface area (TPSA) is 66.8 Å². The minimum absolute atomic E-state index is 0.0975. The van der Waals surface area contributed by atoms with Crippen LogP contribution in [0.25, 0.3) is 0 Å². The zero-order valence-corrected chi connectivity index (χ0v) is 20.6. The van der Waals surface area contributed by atoms with E-state index in [4.69, 9.17) is 0 Å². The number of carbonyl (C=O) groups excluding carboxylic acids is 2. The number of aliphatic hydroxyl groups excluding tert-OH is 1. The van der Waals surface area contributed by atoms with Crippen molar-refractivity contribution in [2.75, 3.05) is 13.7 Å². The number of aliphatic hydroxyl groups is 1. The molecular weight excluding hydrogens is 414 g/mol. The lowest BCUT2D eigenvalue weighted by molar-refractivity contribution is -0.140. The van der Waals surface area contributed by atoms with Crippen LogP contribution in [0, 0.1) is 5.92 Å². The highest BCUT2D eigenvalue weighted by molar-refractivity contribution is 5.79. The lowest BCUT2D eigenvalue weighted by Crippen LogP contribution is -2.33. The van der Waals surface area contributed by atoms with Gasteiger partial charge in [-0.2, -0.15) is 0 Å². The standard InChI is InChI=1S/C28H43NO4/c1-23(13-7-5-8-14-24-15-9-6-10-16-24)26(30)20-18-25-19-21-27(31)29(25)22-12-4-3-11-17-28(32)33-2/h6,9-10,15-16,18,20,23,25-26,30H,3-5,7-8,11-14,17,19,21-22H2,1-2H3/t23-,25+,26-/m1/s1. The van der Waals surface area contributed by atoms with Gasteiger partial charge in [0.25, 0.3) is 0 Å². The highest BCUT2D eigenvalue weighted by atomic mass is 16.5. The van der Waals surface area contributed by atoms with Gasteiger partial charge in [0, 0.05) is 19.4 Å². The van der Waals surface area contributed by atoms with Gasteiger partial charge in [0.15, 0.2) is 0 Å². The third kappa shape index (κ3) is 10.6. The van der Waals surface area contributed by atoms with Crippen molar-refractivity contribution >= 4 is 11.9 Å². The molecule has 0 unspecified atom stereocenters. The number of likely N-dealkylation sites (tertiary alicyclic amines) is 1. The van der Waals surface area contributed by atoms with Gasteiger partial charge in [0.2, 0.25) is 5.91 Å². The second kappa shape index (κ2) is 15.7. The van der Waals surface area contributed by atoms with Gasteiger partial charge in [-0.15, -0.1) is 0 Å². The lowest BCUT2D eigenvalue weighted by Gasteiger charge is -2.23. The summed E-state index contributed by atoms with van der Waals surface area (Å²) in [6.45, 7) is 2.86. The second-order valence-corrected chi connectivity index (χ2v) is 9.37. The number of esters is 1. The summed E-state index contributed by atoms with van der Waals surface area (Å²) in [5.41, 5.74) is 1.39. The number of methoxy groups -OCH3 is 1.